The van der Waals surface area contributed by atoms with E-state index in [0.717, 1.165) is 58.4 Å². The van der Waals surface area contributed by atoms with Crippen molar-refractivity contribution in [1.29, 1.82) is 0 Å². The number of amides is 1. The van der Waals surface area contributed by atoms with Gasteiger partial charge < -0.3 is 71.6 Å². The first-order chi connectivity index (χ1) is 37.5. The molecular weight excluding hydrogens is 1020 g/mol. The molecule has 22 nitrogen and oxygen atoms in total. The predicted octanol–water partition coefficient (Wildman–Crippen LogP) is 4.64. The zero-order valence-electron chi connectivity index (χ0n) is 44.3. The van der Waals surface area contributed by atoms with E-state index < -0.39 is 135 Å². The van der Waals surface area contributed by atoms with E-state index in [0.29, 0.717) is 11.5 Å². The number of methoxy groups -OCH3 is 2. The molecule has 22 heteroatoms. The molecule has 11 atom stereocenters. The third-order valence-electron chi connectivity index (χ3n) is 12.1. The maximum absolute atomic E-state index is 14.6. The van der Waals surface area contributed by atoms with Crippen molar-refractivity contribution >= 4 is 41.7 Å². The number of carbonyl (C=O) groups is 7. The van der Waals surface area contributed by atoms with Gasteiger partial charge in [0.1, 0.15) is 54.7 Å². The van der Waals surface area contributed by atoms with Crippen molar-refractivity contribution < 1.29 is 99.9 Å². The Morgan fingerprint density at radius 2 is 1.14 bits per heavy atom. The van der Waals surface area contributed by atoms with Crippen LogP contribution in [0.5, 0.6) is 11.5 Å². The summed E-state index contributed by atoms with van der Waals surface area (Å²) in [6.07, 6.45) is -13.8. The van der Waals surface area contributed by atoms with Crippen molar-refractivity contribution in [2.75, 3.05) is 34.0 Å². The molecule has 2 saturated heterocycles. The summed E-state index contributed by atoms with van der Waals surface area (Å²) in [4.78, 5) is 91.0. The number of hydrogen-bond donors (Lipinski definition) is 1. The van der Waals surface area contributed by atoms with Crippen LogP contribution in [0.2, 0.25) is 0 Å². The Morgan fingerprint density at radius 1 is 0.615 bits per heavy atom. The Kier molecular flexibility index (Phi) is 22.5. The lowest BCUT2D eigenvalue weighted by molar-refractivity contribution is -0.342. The number of nitrogens with one attached hydrogen (secondary N) is 1. The number of ether oxygens (including phenoxy) is 14. The van der Waals surface area contributed by atoms with Gasteiger partial charge in [0, 0.05) is 34.6 Å². The Labute approximate surface area is 451 Å². The first-order valence-corrected chi connectivity index (χ1v) is 24.9. The minimum atomic E-state index is -2.70. The van der Waals surface area contributed by atoms with Gasteiger partial charge in [0.25, 0.3) is 11.7 Å². The minimum Gasteiger partial charge on any atom is -0.497 e. The molecular formula is C56H65NO21. The molecule has 0 saturated carbocycles. The molecule has 78 heavy (non-hydrogen) atoms. The van der Waals surface area contributed by atoms with Crippen LogP contribution in [0.15, 0.2) is 115 Å². The maximum atomic E-state index is 14.6. The van der Waals surface area contributed by atoms with Gasteiger partial charge in [0.15, 0.2) is 18.8 Å². The van der Waals surface area contributed by atoms with E-state index in [1.54, 1.807) is 24.3 Å². The van der Waals surface area contributed by atoms with Gasteiger partial charge in [-0.3, -0.25) is 28.8 Å². The second kappa shape index (κ2) is 29.3. The van der Waals surface area contributed by atoms with Crippen LogP contribution in [0.25, 0.3) is 0 Å². The molecule has 1 N–H and O–H groups in total. The zero-order chi connectivity index (χ0) is 56.2. The summed E-state index contributed by atoms with van der Waals surface area (Å²) in [5.74, 6) is -8.55. The summed E-state index contributed by atoms with van der Waals surface area (Å²) in [5.41, 5.74) is 2.38. The fourth-order valence-electron chi connectivity index (χ4n) is 8.69. The van der Waals surface area contributed by atoms with E-state index >= 15 is 0 Å². The first kappa shape index (κ1) is 59.8. The van der Waals surface area contributed by atoms with Gasteiger partial charge in [0.2, 0.25) is 6.29 Å². The molecule has 6 rings (SSSR count). The number of benzene rings is 4. The molecule has 0 unspecified atom stereocenters. The normalized spacial score (nSPS) is 23.5. The summed E-state index contributed by atoms with van der Waals surface area (Å²) >= 11 is 0. The SMILES string of the molecule is COC(=O)[C@]1(OC[C@H]2O[C@@H](Oc3ccc(OC)cc3)[C@H](OCc3ccccc3)[C@@H](OCc3ccccc3)[C@@H]2OCc2ccccc2)C[C@H](OC(C)=O)[C@@H](NC(=O)COC(C)=O)[C@H]([C@H](OC(C)=O)[C@@H](COC(C)=O)OC(C)=O)O1. The third-order valence-corrected chi connectivity index (χ3v) is 12.1. The fraction of sp³-hybridized carbons (Fsp3) is 0.446. The van der Waals surface area contributed by atoms with Crippen LogP contribution in [0.1, 0.15) is 57.7 Å². The predicted molar refractivity (Wildman–Crippen MR) is 269 cm³/mol. The second-order valence-corrected chi connectivity index (χ2v) is 18.0. The zero-order valence-corrected chi connectivity index (χ0v) is 44.3. The van der Waals surface area contributed by atoms with Gasteiger partial charge in [-0.1, -0.05) is 91.0 Å². The minimum absolute atomic E-state index is 0.000125. The largest absolute Gasteiger partial charge is 0.497 e. The van der Waals surface area contributed by atoms with Gasteiger partial charge in [-0.2, -0.15) is 0 Å². The molecule has 420 valence electrons. The molecule has 2 fully saturated rings. The second-order valence-electron chi connectivity index (χ2n) is 18.0. The van der Waals surface area contributed by atoms with Gasteiger partial charge in [-0.15, -0.1) is 0 Å². The van der Waals surface area contributed by atoms with Crippen LogP contribution >= 0.6 is 0 Å². The Hall–Kier alpha value is -7.47. The van der Waals surface area contributed by atoms with Crippen LogP contribution in [-0.4, -0.2) is 143 Å². The van der Waals surface area contributed by atoms with Crippen LogP contribution in [0, 0.1) is 0 Å². The standard InChI is InChI=1S/C56H65NO21/c1-34(58)67-31-45(74-37(4)61)50(75-38(5)62)51-48(57-47(63)33-68-35(2)59)44(73-36(3)60)27-56(78-51,55(64)66-7)72-32-46-49(69-28-39-17-11-8-12-18-39)52(70-29-40-19-13-9-14-20-40)53(71-30-41-21-15-10-16-22-41)54(77-46)76-43-25-23-42(65-6)24-26-43/h8-26,44-46,48-54H,27-33H2,1-7H3,(H,57,63)/t44-,45+,46+,48+,49+,50+,51+,52-,53+,54+,56-/m0/s1. The van der Waals surface area contributed by atoms with E-state index in [1.807, 2.05) is 91.0 Å². The molecule has 4 aromatic carbocycles. The van der Waals surface area contributed by atoms with E-state index in [9.17, 15) is 33.6 Å². The van der Waals surface area contributed by atoms with Crippen molar-refractivity contribution in [3.63, 3.8) is 0 Å². The number of carbonyl (C=O) groups excluding carboxylic acids is 7. The van der Waals surface area contributed by atoms with Crippen molar-refractivity contribution in [3.05, 3.63) is 132 Å². The molecule has 0 aliphatic carbocycles. The molecule has 2 aliphatic rings. The third kappa shape index (κ3) is 17.5. The average Bonchev–Trinajstić information content (AvgIpc) is 3.52. The van der Waals surface area contributed by atoms with E-state index in [1.165, 1.54) is 7.11 Å². The number of rotatable bonds is 26. The molecule has 0 radical (unpaired) electrons. The van der Waals surface area contributed by atoms with Gasteiger partial charge in [0.05, 0.1) is 53.1 Å². The average molecular weight is 1090 g/mol. The highest BCUT2D eigenvalue weighted by atomic mass is 16.8. The molecule has 0 bridgehead atoms. The van der Waals surface area contributed by atoms with Crippen LogP contribution < -0.4 is 14.8 Å². The highest BCUT2D eigenvalue weighted by Gasteiger charge is 2.60. The van der Waals surface area contributed by atoms with Gasteiger partial charge >= 0.3 is 35.8 Å². The van der Waals surface area contributed by atoms with E-state index in [4.69, 9.17) is 66.3 Å². The molecule has 0 spiro atoms. The Morgan fingerprint density at radius 3 is 1.64 bits per heavy atom. The van der Waals surface area contributed by atoms with Crippen LogP contribution in [0.4, 0.5) is 0 Å². The summed E-state index contributed by atoms with van der Waals surface area (Å²) in [6, 6.07) is 33.1. The molecule has 4 aromatic rings. The summed E-state index contributed by atoms with van der Waals surface area (Å²) in [6.45, 7) is 3.08. The monoisotopic (exact) mass is 1090 g/mol. The van der Waals surface area contributed by atoms with Crippen molar-refractivity contribution in [2.24, 2.45) is 0 Å². The smallest absolute Gasteiger partial charge is 0.366 e. The number of esters is 6. The Balaban J connectivity index is 1.49. The molecule has 0 aromatic heterocycles. The highest BCUT2D eigenvalue weighted by molar-refractivity contribution is 5.81. The van der Waals surface area contributed by atoms with Crippen LogP contribution in [-0.2, 0) is 110 Å². The lowest BCUT2D eigenvalue weighted by atomic mass is 9.87. The molecule has 2 aliphatic heterocycles. The van der Waals surface area contributed by atoms with Gasteiger partial charge in [-0.25, -0.2) is 4.79 Å². The Bertz CT molecular complexity index is 2590. The van der Waals surface area contributed by atoms with E-state index in [-0.39, 0.29) is 19.8 Å². The van der Waals surface area contributed by atoms with Crippen molar-refractivity contribution in [2.45, 2.75) is 128 Å². The summed E-state index contributed by atoms with van der Waals surface area (Å²) in [5, 5.41) is 2.58. The lowest BCUT2D eigenvalue weighted by Gasteiger charge is -2.49. The molecule has 2 heterocycles. The van der Waals surface area contributed by atoms with Gasteiger partial charge in [-0.05, 0) is 41.0 Å². The summed E-state index contributed by atoms with van der Waals surface area (Å²) in [7, 11) is 2.55. The highest BCUT2D eigenvalue weighted by Crippen LogP contribution is 2.39. The summed E-state index contributed by atoms with van der Waals surface area (Å²) < 4.78 is 85.2. The molecule has 1 amide bonds. The van der Waals surface area contributed by atoms with Crippen molar-refractivity contribution in [1.82, 2.24) is 5.32 Å². The lowest BCUT2D eigenvalue weighted by Crippen LogP contribution is -2.70. The first-order valence-electron chi connectivity index (χ1n) is 24.9. The number of hydrogen-bond acceptors (Lipinski definition) is 21. The van der Waals surface area contributed by atoms with Crippen LogP contribution in [0.3, 0.4) is 0 Å². The maximum Gasteiger partial charge on any atom is 0.366 e. The topological polar surface area (TPSA) is 261 Å². The quantitative estimate of drug-likeness (QED) is 0.0663. The van der Waals surface area contributed by atoms with Crippen molar-refractivity contribution in [3.8, 4) is 11.5 Å². The van der Waals surface area contributed by atoms with E-state index in [2.05, 4.69) is 5.32 Å². The fourth-order valence-corrected chi connectivity index (χ4v) is 8.69.